The second-order valence-electron chi connectivity index (χ2n) is 2.44. The van der Waals surface area contributed by atoms with Crippen LogP contribution in [0.1, 0.15) is 41.0 Å². The third-order valence-electron chi connectivity index (χ3n) is 1.57. The zero-order valence-corrected chi connectivity index (χ0v) is 9.09. The zero-order valence-electron chi connectivity index (χ0n) is 9.09. The lowest BCUT2D eigenvalue weighted by Gasteiger charge is -2.02. The highest BCUT2D eigenvalue weighted by atomic mass is 15.1. The number of likely N-dealkylation sites (tertiary alicyclic amines) is 1. The minimum absolute atomic E-state index is 0.731. The summed E-state index contributed by atoms with van der Waals surface area (Å²) >= 11 is 0. The van der Waals surface area contributed by atoms with Crippen molar-refractivity contribution in [1.29, 1.82) is 5.26 Å². The van der Waals surface area contributed by atoms with Gasteiger partial charge in [-0.2, -0.15) is 5.26 Å². The summed E-state index contributed by atoms with van der Waals surface area (Å²) in [5, 5.41) is 8.36. The summed E-state index contributed by atoms with van der Waals surface area (Å²) in [4.78, 5) is 1.81. The van der Waals surface area contributed by atoms with E-state index in [-0.39, 0.29) is 0 Å². The van der Waals surface area contributed by atoms with Gasteiger partial charge < -0.3 is 4.90 Å². The smallest absolute Gasteiger partial charge is 0.179 e. The molecule has 0 aliphatic carbocycles. The van der Waals surface area contributed by atoms with Gasteiger partial charge in [0.05, 0.1) is 0 Å². The SMILES string of the molecule is CC.CC.CC1CCN(C#N)C1. The number of hydrogen-bond donors (Lipinski definition) is 0. The van der Waals surface area contributed by atoms with E-state index in [0.717, 1.165) is 19.0 Å². The van der Waals surface area contributed by atoms with Crippen LogP contribution in [0.25, 0.3) is 0 Å². The van der Waals surface area contributed by atoms with Crippen molar-refractivity contribution >= 4 is 0 Å². The Balaban J connectivity index is 0. The van der Waals surface area contributed by atoms with Crippen molar-refractivity contribution in [2.45, 2.75) is 41.0 Å². The molecular formula is C10H22N2. The van der Waals surface area contributed by atoms with E-state index in [0.29, 0.717) is 0 Å². The first kappa shape index (κ1) is 13.9. The largest absolute Gasteiger partial charge is 0.310 e. The van der Waals surface area contributed by atoms with E-state index in [1.165, 1.54) is 6.42 Å². The maximum Gasteiger partial charge on any atom is 0.179 e. The molecule has 0 aromatic rings. The number of nitriles is 1. The fourth-order valence-corrected chi connectivity index (χ4v) is 1.03. The van der Waals surface area contributed by atoms with Gasteiger partial charge >= 0.3 is 0 Å². The third-order valence-corrected chi connectivity index (χ3v) is 1.57. The summed E-state index contributed by atoms with van der Waals surface area (Å²) in [5.74, 6) is 0.731. The fourth-order valence-electron chi connectivity index (χ4n) is 1.03. The molecular weight excluding hydrogens is 148 g/mol. The third kappa shape index (κ3) is 6.03. The van der Waals surface area contributed by atoms with Crippen LogP contribution in [0.3, 0.4) is 0 Å². The van der Waals surface area contributed by atoms with Gasteiger partial charge in [-0.15, -0.1) is 0 Å². The summed E-state index contributed by atoms with van der Waals surface area (Å²) in [6.45, 7) is 12.1. The van der Waals surface area contributed by atoms with E-state index in [1.807, 2.05) is 32.6 Å². The van der Waals surface area contributed by atoms with Crippen LogP contribution in [0, 0.1) is 17.4 Å². The molecule has 0 saturated carbocycles. The maximum absolute atomic E-state index is 8.36. The molecule has 0 amide bonds. The topological polar surface area (TPSA) is 27.0 Å². The highest BCUT2D eigenvalue weighted by Gasteiger charge is 2.15. The van der Waals surface area contributed by atoms with Crippen LogP contribution >= 0.6 is 0 Å². The van der Waals surface area contributed by atoms with Gasteiger partial charge in [-0.1, -0.05) is 34.6 Å². The molecule has 1 aliphatic rings. The Morgan fingerprint density at radius 2 is 1.75 bits per heavy atom. The first-order valence-corrected chi connectivity index (χ1v) is 4.97. The Morgan fingerprint density at radius 3 is 1.92 bits per heavy atom. The molecule has 0 aromatic carbocycles. The van der Waals surface area contributed by atoms with Gasteiger partial charge in [0, 0.05) is 13.1 Å². The van der Waals surface area contributed by atoms with Crippen LogP contribution in [-0.2, 0) is 0 Å². The lowest BCUT2D eigenvalue weighted by Crippen LogP contribution is -2.12. The molecule has 12 heavy (non-hydrogen) atoms. The van der Waals surface area contributed by atoms with Crippen molar-refractivity contribution in [3.63, 3.8) is 0 Å². The molecule has 1 rings (SSSR count). The molecule has 0 bridgehead atoms. The molecule has 0 aromatic heterocycles. The highest BCUT2D eigenvalue weighted by molar-refractivity contribution is 4.81. The molecule has 0 spiro atoms. The summed E-state index contributed by atoms with van der Waals surface area (Å²) < 4.78 is 0. The first-order chi connectivity index (χ1) is 5.83. The second-order valence-corrected chi connectivity index (χ2v) is 2.44. The minimum atomic E-state index is 0.731. The normalized spacial score (nSPS) is 19.7. The van der Waals surface area contributed by atoms with E-state index in [4.69, 9.17) is 5.26 Å². The Kier molecular flexibility index (Phi) is 11.9. The Labute approximate surface area is 77.2 Å². The van der Waals surface area contributed by atoms with Crippen molar-refractivity contribution in [3.05, 3.63) is 0 Å². The van der Waals surface area contributed by atoms with Crippen molar-refractivity contribution in [1.82, 2.24) is 4.90 Å². The Hall–Kier alpha value is -0.710. The summed E-state index contributed by atoms with van der Waals surface area (Å²) in [7, 11) is 0. The van der Waals surface area contributed by atoms with Gasteiger partial charge in [0.2, 0.25) is 0 Å². The van der Waals surface area contributed by atoms with E-state index in [9.17, 15) is 0 Å². The van der Waals surface area contributed by atoms with Crippen LogP contribution < -0.4 is 0 Å². The maximum atomic E-state index is 8.36. The van der Waals surface area contributed by atoms with Crippen LogP contribution in [0.2, 0.25) is 0 Å². The number of hydrogen-bond acceptors (Lipinski definition) is 2. The second kappa shape index (κ2) is 10.3. The molecule has 1 atom stereocenters. The molecule has 2 heteroatoms. The van der Waals surface area contributed by atoms with Crippen molar-refractivity contribution < 1.29 is 0 Å². The molecule has 1 fully saturated rings. The van der Waals surface area contributed by atoms with Gasteiger partial charge in [0.15, 0.2) is 6.19 Å². The van der Waals surface area contributed by atoms with E-state index >= 15 is 0 Å². The first-order valence-electron chi connectivity index (χ1n) is 4.97. The average Bonchev–Trinajstić information content (AvgIpc) is 2.58. The van der Waals surface area contributed by atoms with Gasteiger partial charge in [-0.25, -0.2) is 0 Å². The van der Waals surface area contributed by atoms with Crippen LogP contribution in [0.15, 0.2) is 0 Å². The molecule has 1 heterocycles. The molecule has 2 nitrogen and oxygen atoms in total. The summed E-state index contributed by atoms with van der Waals surface area (Å²) in [5.41, 5.74) is 0. The van der Waals surface area contributed by atoms with Crippen molar-refractivity contribution in [2.75, 3.05) is 13.1 Å². The molecule has 72 valence electrons. The van der Waals surface area contributed by atoms with Gasteiger partial charge in [0.25, 0.3) is 0 Å². The fraction of sp³-hybridized carbons (Fsp3) is 0.900. The zero-order chi connectivity index (χ0) is 9.98. The van der Waals surface area contributed by atoms with Crippen LogP contribution in [0.4, 0.5) is 0 Å². The van der Waals surface area contributed by atoms with Gasteiger partial charge in [-0.05, 0) is 12.3 Å². The number of nitrogens with zero attached hydrogens (tertiary/aromatic N) is 2. The van der Waals surface area contributed by atoms with Crippen molar-refractivity contribution in [2.24, 2.45) is 5.92 Å². The molecule has 0 radical (unpaired) electrons. The quantitative estimate of drug-likeness (QED) is 0.523. The lowest BCUT2D eigenvalue weighted by molar-refractivity contribution is 0.465. The predicted molar refractivity (Wildman–Crippen MR) is 53.7 cm³/mol. The molecule has 1 saturated heterocycles. The van der Waals surface area contributed by atoms with Crippen molar-refractivity contribution in [3.8, 4) is 6.19 Å². The number of rotatable bonds is 0. The minimum Gasteiger partial charge on any atom is -0.310 e. The van der Waals surface area contributed by atoms with Crippen LogP contribution in [-0.4, -0.2) is 18.0 Å². The van der Waals surface area contributed by atoms with E-state index in [1.54, 1.807) is 0 Å². The Morgan fingerprint density at radius 1 is 1.25 bits per heavy atom. The van der Waals surface area contributed by atoms with Gasteiger partial charge in [0.1, 0.15) is 0 Å². The van der Waals surface area contributed by atoms with Crippen LogP contribution in [0.5, 0.6) is 0 Å². The standard InChI is InChI=1S/C6H10N2.2C2H6/c1-6-2-3-8(4-6)5-7;2*1-2/h6H,2-4H2,1H3;2*1-2H3. The highest BCUT2D eigenvalue weighted by Crippen LogP contribution is 2.12. The molecule has 1 unspecified atom stereocenters. The average molecular weight is 170 g/mol. The molecule has 1 aliphatic heterocycles. The summed E-state index contributed by atoms with van der Waals surface area (Å²) in [6.07, 6.45) is 3.32. The van der Waals surface area contributed by atoms with E-state index < -0.39 is 0 Å². The van der Waals surface area contributed by atoms with Gasteiger partial charge in [-0.3, -0.25) is 0 Å². The lowest BCUT2D eigenvalue weighted by atomic mass is 10.2. The monoisotopic (exact) mass is 170 g/mol. The predicted octanol–water partition coefficient (Wildman–Crippen LogP) is 2.86. The Bertz CT molecular complexity index is 115. The molecule has 0 N–H and O–H groups in total. The summed E-state index contributed by atoms with van der Waals surface area (Å²) in [6, 6.07) is 0. The van der Waals surface area contributed by atoms with E-state index in [2.05, 4.69) is 13.1 Å².